The number of nitrogens with zero attached hydrogens (tertiary/aromatic N) is 1. The van der Waals surface area contributed by atoms with Crippen molar-refractivity contribution in [1.82, 2.24) is 9.03 Å². The molecule has 0 saturated carbocycles. The Morgan fingerprint density at radius 2 is 1.58 bits per heavy atom. The first-order valence-corrected chi connectivity index (χ1v) is 9.02. The summed E-state index contributed by atoms with van der Waals surface area (Å²) in [5.41, 5.74) is 0. The fourth-order valence-corrected chi connectivity index (χ4v) is 3.64. The molecular weight excluding hydrogens is 377 g/mol. The molecule has 0 spiro atoms. The van der Waals surface area contributed by atoms with Gasteiger partial charge in [0, 0.05) is 7.05 Å². The second-order valence-electron chi connectivity index (χ2n) is 4.57. The Labute approximate surface area is 136 Å². The fraction of sp³-hybridized carbons (Fsp3) is 0.364. The van der Waals surface area contributed by atoms with Crippen LogP contribution in [0.25, 0.3) is 0 Å². The van der Waals surface area contributed by atoms with Crippen LogP contribution in [0.1, 0.15) is 0 Å². The standard InChI is InChI=1S/C11H13F3N2O6S2/c1-16(6-10(17)18)24(21,22)9-4-2-8(3-5-9)23(19,20)15-7-11(12,13)14/h2-5,15H,6-7H2,1H3,(H,17,18). The number of halogens is 3. The summed E-state index contributed by atoms with van der Waals surface area (Å²) in [6, 6.07) is 3.33. The molecule has 8 nitrogen and oxygen atoms in total. The normalized spacial score (nSPS) is 13.2. The zero-order valence-electron chi connectivity index (χ0n) is 12.1. The zero-order chi connectivity index (χ0) is 18.8. The van der Waals surface area contributed by atoms with Gasteiger partial charge in [-0.1, -0.05) is 0 Å². The SMILES string of the molecule is CN(CC(=O)O)S(=O)(=O)c1ccc(S(=O)(=O)NCC(F)(F)F)cc1. The molecule has 1 aromatic rings. The summed E-state index contributed by atoms with van der Waals surface area (Å²) in [4.78, 5) is 9.58. The number of carboxylic acid groups (broad SMARTS) is 1. The molecule has 0 saturated heterocycles. The van der Waals surface area contributed by atoms with E-state index in [1.807, 2.05) is 0 Å². The highest BCUT2D eigenvalue weighted by molar-refractivity contribution is 7.89. The molecule has 0 bridgehead atoms. The molecule has 0 amide bonds. The highest BCUT2D eigenvalue weighted by Gasteiger charge is 2.30. The number of hydrogen-bond acceptors (Lipinski definition) is 5. The van der Waals surface area contributed by atoms with Gasteiger partial charge in [-0.05, 0) is 24.3 Å². The van der Waals surface area contributed by atoms with Gasteiger partial charge in [0.1, 0.15) is 13.1 Å². The van der Waals surface area contributed by atoms with E-state index in [1.54, 1.807) is 0 Å². The second-order valence-corrected chi connectivity index (χ2v) is 8.38. The quantitative estimate of drug-likeness (QED) is 0.688. The van der Waals surface area contributed by atoms with Gasteiger partial charge in [0.15, 0.2) is 0 Å². The van der Waals surface area contributed by atoms with Crippen LogP contribution in [0.15, 0.2) is 34.1 Å². The van der Waals surface area contributed by atoms with Crippen LogP contribution in [-0.4, -0.2) is 58.5 Å². The molecule has 0 aliphatic heterocycles. The Hall–Kier alpha value is -1.70. The maximum absolute atomic E-state index is 12.1. The Balaban J connectivity index is 3.02. The van der Waals surface area contributed by atoms with Gasteiger partial charge in [0.2, 0.25) is 20.0 Å². The van der Waals surface area contributed by atoms with E-state index in [0.717, 1.165) is 31.3 Å². The summed E-state index contributed by atoms with van der Waals surface area (Å²) >= 11 is 0. The van der Waals surface area contributed by atoms with Crippen LogP contribution in [0.3, 0.4) is 0 Å². The smallest absolute Gasteiger partial charge is 0.402 e. The average Bonchev–Trinajstić information content (AvgIpc) is 2.44. The van der Waals surface area contributed by atoms with Crippen molar-refractivity contribution >= 4 is 26.0 Å². The van der Waals surface area contributed by atoms with E-state index >= 15 is 0 Å². The van der Waals surface area contributed by atoms with Crippen molar-refractivity contribution in [3.63, 3.8) is 0 Å². The van der Waals surface area contributed by atoms with Gasteiger partial charge in [-0.25, -0.2) is 21.6 Å². The van der Waals surface area contributed by atoms with Crippen molar-refractivity contribution in [1.29, 1.82) is 0 Å². The lowest BCUT2D eigenvalue weighted by Gasteiger charge is -2.15. The van der Waals surface area contributed by atoms with E-state index in [9.17, 15) is 34.8 Å². The van der Waals surface area contributed by atoms with Crippen LogP contribution in [0.2, 0.25) is 0 Å². The minimum absolute atomic E-state index is 0.402. The number of alkyl halides is 3. The molecule has 0 unspecified atom stereocenters. The Morgan fingerprint density at radius 3 is 2.00 bits per heavy atom. The second kappa shape index (κ2) is 7.04. The predicted molar refractivity (Wildman–Crippen MR) is 75.1 cm³/mol. The maximum Gasteiger partial charge on any atom is 0.402 e. The molecule has 0 radical (unpaired) electrons. The predicted octanol–water partition coefficient (Wildman–Crippen LogP) is 0.232. The number of nitrogens with one attached hydrogen (secondary N) is 1. The molecular formula is C11H13F3N2O6S2. The summed E-state index contributed by atoms with van der Waals surface area (Å²) in [5.74, 6) is -1.39. The molecule has 0 aliphatic rings. The summed E-state index contributed by atoms with van der Waals surface area (Å²) in [5, 5.41) is 8.58. The number of rotatable bonds is 7. The summed E-state index contributed by atoms with van der Waals surface area (Å²) in [7, 11) is -7.63. The number of hydrogen-bond donors (Lipinski definition) is 2. The van der Waals surface area contributed by atoms with Gasteiger partial charge >= 0.3 is 12.1 Å². The van der Waals surface area contributed by atoms with E-state index in [2.05, 4.69) is 0 Å². The Bertz CT molecular complexity index is 803. The van der Waals surface area contributed by atoms with Gasteiger partial charge in [-0.3, -0.25) is 4.79 Å². The summed E-state index contributed by atoms with van der Waals surface area (Å²) in [6.45, 7) is -2.58. The van der Waals surface area contributed by atoms with Gasteiger partial charge in [0.05, 0.1) is 9.79 Å². The largest absolute Gasteiger partial charge is 0.480 e. The number of benzene rings is 1. The average molecular weight is 390 g/mol. The first kappa shape index (κ1) is 20.3. The lowest BCUT2D eigenvalue weighted by atomic mass is 10.4. The number of carboxylic acids is 1. The third kappa shape index (κ3) is 5.43. The summed E-state index contributed by atoms with van der Waals surface area (Å²) in [6.07, 6.45) is -4.74. The van der Waals surface area contributed by atoms with Crippen molar-refractivity contribution in [3.05, 3.63) is 24.3 Å². The van der Waals surface area contributed by atoms with Crippen molar-refractivity contribution in [2.24, 2.45) is 0 Å². The molecule has 1 rings (SSSR count). The number of aliphatic carboxylic acids is 1. The first-order valence-electron chi connectivity index (χ1n) is 6.10. The van der Waals surface area contributed by atoms with E-state index in [4.69, 9.17) is 5.11 Å². The molecule has 0 aromatic heterocycles. The van der Waals surface area contributed by atoms with Crippen LogP contribution < -0.4 is 4.72 Å². The van der Waals surface area contributed by atoms with E-state index in [1.165, 1.54) is 4.72 Å². The Morgan fingerprint density at radius 1 is 1.12 bits per heavy atom. The molecule has 0 aliphatic carbocycles. The lowest BCUT2D eigenvalue weighted by Crippen LogP contribution is -2.34. The minimum atomic E-state index is -4.74. The van der Waals surface area contributed by atoms with Crippen LogP contribution in [0, 0.1) is 0 Å². The molecule has 0 fully saturated rings. The van der Waals surface area contributed by atoms with E-state index < -0.39 is 55.1 Å². The molecule has 0 heterocycles. The van der Waals surface area contributed by atoms with E-state index in [-0.39, 0.29) is 0 Å². The number of likely N-dealkylation sites (N-methyl/N-ethyl adjacent to an activating group) is 1. The fourth-order valence-electron chi connectivity index (χ4n) is 1.51. The van der Waals surface area contributed by atoms with Crippen molar-refractivity contribution < 1.29 is 39.9 Å². The molecule has 2 N–H and O–H groups in total. The van der Waals surface area contributed by atoms with Gasteiger partial charge in [0.25, 0.3) is 0 Å². The van der Waals surface area contributed by atoms with Crippen LogP contribution >= 0.6 is 0 Å². The zero-order valence-corrected chi connectivity index (χ0v) is 13.7. The molecule has 136 valence electrons. The minimum Gasteiger partial charge on any atom is -0.480 e. The topological polar surface area (TPSA) is 121 Å². The molecule has 24 heavy (non-hydrogen) atoms. The highest BCUT2D eigenvalue weighted by Crippen LogP contribution is 2.19. The maximum atomic E-state index is 12.1. The third-order valence-corrected chi connectivity index (χ3v) is 5.90. The van der Waals surface area contributed by atoms with Gasteiger partial charge in [-0.15, -0.1) is 0 Å². The first-order chi connectivity index (χ1) is 10.8. The van der Waals surface area contributed by atoms with Crippen LogP contribution in [0.4, 0.5) is 13.2 Å². The molecule has 1 aromatic carbocycles. The molecule has 13 heteroatoms. The monoisotopic (exact) mass is 390 g/mol. The number of carbonyl (C=O) groups is 1. The lowest BCUT2D eigenvalue weighted by molar-refractivity contribution is -0.137. The van der Waals surface area contributed by atoms with E-state index in [0.29, 0.717) is 4.31 Å². The van der Waals surface area contributed by atoms with Crippen LogP contribution in [0.5, 0.6) is 0 Å². The summed E-state index contributed by atoms with van der Waals surface area (Å²) < 4.78 is 85.4. The van der Waals surface area contributed by atoms with Gasteiger partial charge < -0.3 is 5.11 Å². The van der Waals surface area contributed by atoms with Crippen molar-refractivity contribution in [3.8, 4) is 0 Å². The Kier molecular flexibility index (Phi) is 5.97. The third-order valence-electron chi connectivity index (χ3n) is 2.66. The van der Waals surface area contributed by atoms with Crippen molar-refractivity contribution in [2.45, 2.75) is 16.0 Å². The molecule has 0 atom stereocenters. The van der Waals surface area contributed by atoms with Crippen LogP contribution in [-0.2, 0) is 24.8 Å². The van der Waals surface area contributed by atoms with Crippen molar-refractivity contribution in [2.75, 3.05) is 20.1 Å². The number of sulfonamides is 2. The highest BCUT2D eigenvalue weighted by atomic mass is 32.2. The van der Waals surface area contributed by atoms with Gasteiger partial charge in [-0.2, -0.15) is 17.5 Å².